The van der Waals surface area contributed by atoms with E-state index in [2.05, 4.69) is 27.0 Å². The Bertz CT molecular complexity index is 687. The molecule has 106 valence electrons. The third kappa shape index (κ3) is 2.55. The van der Waals surface area contributed by atoms with E-state index >= 15 is 0 Å². The SMILES string of the molecule is Cn1c(CNC(=O)[C@@H]2SCCc3sccc32)n[nH]c1=S. The van der Waals surface area contributed by atoms with Gasteiger partial charge in [0, 0.05) is 11.9 Å². The maximum absolute atomic E-state index is 12.3. The number of carbonyl (C=O) groups excluding carboxylic acids is 1. The molecule has 1 aliphatic heterocycles. The molecular formula is C12H14N4OS3. The van der Waals surface area contributed by atoms with E-state index in [-0.39, 0.29) is 11.2 Å². The van der Waals surface area contributed by atoms with Crippen LogP contribution in [0.15, 0.2) is 11.4 Å². The summed E-state index contributed by atoms with van der Waals surface area (Å²) in [5.74, 6) is 1.77. The van der Waals surface area contributed by atoms with Gasteiger partial charge in [0.25, 0.3) is 0 Å². The third-order valence-electron chi connectivity index (χ3n) is 3.31. The zero-order valence-corrected chi connectivity index (χ0v) is 13.3. The third-order valence-corrected chi connectivity index (χ3v) is 5.91. The first kappa shape index (κ1) is 13.8. The summed E-state index contributed by atoms with van der Waals surface area (Å²) >= 11 is 8.49. The molecule has 0 fully saturated rings. The van der Waals surface area contributed by atoms with Crippen molar-refractivity contribution in [1.82, 2.24) is 20.1 Å². The molecule has 1 aliphatic rings. The smallest absolute Gasteiger partial charge is 0.238 e. The highest BCUT2D eigenvalue weighted by atomic mass is 32.2. The molecule has 3 rings (SSSR count). The molecule has 1 amide bonds. The van der Waals surface area contributed by atoms with E-state index in [0.29, 0.717) is 11.3 Å². The van der Waals surface area contributed by atoms with Crippen molar-refractivity contribution in [2.75, 3.05) is 5.75 Å². The van der Waals surface area contributed by atoms with Crippen LogP contribution in [-0.2, 0) is 24.8 Å². The second-order valence-corrected chi connectivity index (χ2v) is 7.12. The highest BCUT2D eigenvalue weighted by Crippen LogP contribution is 2.39. The summed E-state index contributed by atoms with van der Waals surface area (Å²) in [6.07, 6.45) is 1.06. The Labute approximate surface area is 129 Å². The molecular weight excluding hydrogens is 312 g/mol. The average Bonchev–Trinajstić information content (AvgIpc) is 3.04. The van der Waals surface area contributed by atoms with E-state index in [1.807, 2.05) is 7.05 Å². The largest absolute Gasteiger partial charge is 0.348 e. The number of carbonyl (C=O) groups is 1. The summed E-state index contributed by atoms with van der Waals surface area (Å²) in [6, 6.07) is 2.06. The van der Waals surface area contributed by atoms with E-state index in [1.165, 1.54) is 10.4 Å². The lowest BCUT2D eigenvalue weighted by atomic mass is 10.1. The Morgan fingerprint density at radius 3 is 3.30 bits per heavy atom. The van der Waals surface area contributed by atoms with Gasteiger partial charge in [-0.3, -0.25) is 9.89 Å². The zero-order chi connectivity index (χ0) is 14.1. The molecule has 20 heavy (non-hydrogen) atoms. The highest BCUT2D eigenvalue weighted by molar-refractivity contribution is 8.00. The maximum Gasteiger partial charge on any atom is 0.238 e. The first-order chi connectivity index (χ1) is 9.66. The van der Waals surface area contributed by atoms with Crippen molar-refractivity contribution in [2.24, 2.45) is 7.05 Å². The number of nitrogens with zero attached hydrogens (tertiary/aromatic N) is 2. The second kappa shape index (κ2) is 5.71. The number of hydrogen-bond acceptors (Lipinski definition) is 5. The first-order valence-electron chi connectivity index (χ1n) is 6.22. The summed E-state index contributed by atoms with van der Waals surface area (Å²) in [5, 5.41) is 11.7. The van der Waals surface area contributed by atoms with E-state index in [9.17, 15) is 4.79 Å². The summed E-state index contributed by atoms with van der Waals surface area (Å²) < 4.78 is 2.32. The standard InChI is InChI=1S/C12H14N4OS3/c1-16-9(14-15-12(16)18)6-13-11(17)10-7-2-4-19-8(7)3-5-20-10/h2,4,10H,3,5-6H2,1H3,(H,13,17)(H,15,18)/t10-/m1/s1. The fourth-order valence-corrected chi connectivity index (χ4v) is 4.63. The van der Waals surface area contributed by atoms with Gasteiger partial charge in [-0.25, -0.2) is 0 Å². The number of hydrogen-bond donors (Lipinski definition) is 2. The number of H-pyrrole nitrogens is 1. The van der Waals surface area contributed by atoms with Crippen molar-refractivity contribution in [2.45, 2.75) is 18.2 Å². The molecule has 0 aliphatic carbocycles. The molecule has 0 spiro atoms. The van der Waals surface area contributed by atoms with Gasteiger partial charge in [0.15, 0.2) is 10.6 Å². The molecule has 2 aromatic rings. The molecule has 5 nitrogen and oxygen atoms in total. The van der Waals surface area contributed by atoms with Crippen molar-refractivity contribution in [3.05, 3.63) is 32.5 Å². The molecule has 8 heteroatoms. The molecule has 2 aromatic heterocycles. The first-order valence-corrected chi connectivity index (χ1v) is 8.56. The summed E-state index contributed by atoms with van der Waals surface area (Å²) in [7, 11) is 1.83. The van der Waals surface area contributed by atoms with Gasteiger partial charge in [0.1, 0.15) is 5.25 Å². The van der Waals surface area contributed by atoms with Gasteiger partial charge in [-0.05, 0) is 41.4 Å². The molecule has 0 aromatic carbocycles. The molecule has 0 radical (unpaired) electrons. The normalized spacial score (nSPS) is 17.8. The minimum atomic E-state index is -0.0998. The van der Waals surface area contributed by atoms with Gasteiger partial charge in [0.05, 0.1) is 6.54 Å². The Morgan fingerprint density at radius 1 is 1.70 bits per heavy atom. The van der Waals surface area contributed by atoms with Crippen molar-refractivity contribution in [3.63, 3.8) is 0 Å². The minimum absolute atomic E-state index is 0.0447. The summed E-state index contributed by atoms with van der Waals surface area (Å²) in [4.78, 5) is 13.7. The lowest BCUT2D eigenvalue weighted by molar-refractivity contribution is -0.120. The van der Waals surface area contributed by atoms with Crippen LogP contribution in [0.4, 0.5) is 0 Å². The Morgan fingerprint density at radius 2 is 2.55 bits per heavy atom. The number of thioether (sulfide) groups is 1. The summed E-state index contributed by atoms with van der Waals surface area (Å²) in [5.41, 5.74) is 1.17. The number of fused-ring (bicyclic) bond motifs is 1. The molecule has 0 saturated heterocycles. The molecule has 1 atom stereocenters. The molecule has 3 heterocycles. The zero-order valence-electron chi connectivity index (χ0n) is 10.9. The number of amides is 1. The fourth-order valence-electron chi connectivity index (χ4n) is 2.16. The Kier molecular flexibility index (Phi) is 3.95. The predicted octanol–water partition coefficient (Wildman–Crippen LogP) is 2.19. The van der Waals surface area contributed by atoms with Crippen molar-refractivity contribution >= 4 is 41.2 Å². The van der Waals surface area contributed by atoms with E-state index in [0.717, 1.165) is 18.0 Å². The molecule has 2 N–H and O–H groups in total. The highest BCUT2D eigenvalue weighted by Gasteiger charge is 2.27. The van der Waals surface area contributed by atoms with Crippen molar-refractivity contribution in [1.29, 1.82) is 0 Å². The topological polar surface area (TPSA) is 62.7 Å². The molecule has 0 bridgehead atoms. The predicted molar refractivity (Wildman–Crippen MR) is 83.5 cm³/mol. The van der Waals surface area contributed by atoms with Crippen LogP contribution in [0.3, 0.4) is 0 Å². The maximum atomic E-state index is 12.3. The average molecular weight is 326 g/mol. The second-order valence-electron chi connectivity index (χ2n) is 4.52. The fraction of sp³-hybridized carbons (Fsp3) is 0.417. The van der Waals surface area contributed by atoms with Crippen molar-refractivity contribution < 1.29 is 4.79 Å². The van der Waals surface area contributed by atoms with Gasteiger partial charge in [-0.2, -0.15) is 5.10 Å². The molecule has 0 saturated carbocycles. The summed E-state index contributed by atoms with van der Waals surface area (Å²) in [6.45, 7) is 0.388. The van der Waals surface area contributed by atoms with E-state index in [4.69, 9.17) is 12.2 Å². The van der Waals surface area contributed by atoms with Crippen LogP contribution < -0.4 is 5.32 Å². The van der Waals surface area contributed by atoms with Crippen LogP contribution in [0.2, 0.25) is 0 Å². The Hall–Kier alpha value is -1.12. The quantitative estimate of drug-likeness (QED) is 0.849. The number of rotatable bonds is 3. The van der Waals surface area contributed by atoms with Gasteiger partial charge >= 0.3 is 0 Å². The molecule has 0 unspecified atom stereocenters. The van der Waals surface area contributed by atoms with Gasteiger partial charge in [-0.1, -0.05) is 0 Å². The lowest BCUT2D eigenvalue weighted by Crippen LogP contribution is -2.30. The van der Waals surface area contributed by atoms with Crippen LogP contribution in [0.25, 0.3) is 0 Å². The number of nitrogens with one attached hydrogen (secondary N) is 2. The van der Waals surface area contributed by atoms with Crippen LogP contribution in [0.1, 0.15) is 21.5 Å². The van der Waals surface area contributed by atoms with Crippen LogP contribution >= 0.6 is 35.3 Å². The van der Waals surface area contributed by atoms with Gasteiger partial charge in [0.2, 0.25) is 5.91 Å². The number of aromatic nitrogens is 3. The van der Waals surface area contributed by atoms with Gasteiger partial charge in [-0.15, -0.1) is 23.1 Å². The lowest BCUT2D eigenvalue weighted by Gasteiger charge is -2.21. The van der Waals surface area contributed by atoms with Crippen molar-refractivity contribution in [3.8, 4) is 0 Å². The van der Waals surface area contributed by atoms with E-state index in [1.54, 1.807) is 27.7 Å². The number of aryl methyl sites for hydroxylation is 1. The number of aromatic amines is 1. The monoisotopic (exact) mass is 326 g/mol. The Balaban J connectivity index is 1.69. The van der Waals surface area contributed by atoms with Gasteiger partial charge < -0.3 is 9.88 Å². The van der Waals surface area contributed by atoms with Crippen LogP contribution in [0, 0.1) is 4.77 Å². The number of thiophene rings is 1. The van der Waals surface area contributed by atoms with E-state index < -0.39 is 0 Å². The minimum Gasteiger partial charge on any atom is -0.348 e. The van der Waals surface area contributed by atoms with Crippen LogP contribution in [-0.4, -0.2) is 26.4 Å². The van der Waals surface area contributed by atoms with Crippen LogP contribution in [0.5, 0.6) is 0 Å².